The number of pyridine rings is 1. The third-order valence-corrected chi connectivity index (χ3v) is 4.92. The lowest BCUT2D eigenvalue weighted by molar-refractivity contribution is -0.129. The van der Waals surface area contributed by atoms with E-state index in [0.717, 1.165) is 11.1 Å². The molecule has 0 bridgehead atoms. The summed E-state index contributed by atoms with van der Waals surface area (Å²) in [5.41, 5.74) is 4.43. The summed E-state index contributed by atoms with van der Waals surface area (Å²) >= 11 is 0. The minimum atomic E-state index is -0.174. The number of aryl methyl sites for hydroxylation is 2. The van der Waals surface area contributed by atoms with E-state index in [1.54, 1.807) is 12.4 Å². The van der Waals surface area contributed by atoms with Crippen LogP contribution in [0.2, 0.25) is 0 Å². The molecule has 1 saturated heterocycles. The molecule has 3 heterocycles. The zero-order valence-electron chi connectivity index (χ0n) is 14.8. The first-order valence-corrected chi connectivity index (χ1v) is 8.71. The van der Waals surface area contributed by atoms with Gasteiger partial charge in [-0.1, -0.05) is 23.4 Å². The lowest BCUT2D eigenvalue weighted by Crippen LogP contribution is -2.27. The Morgan fingerprint density at radius 1 is 1.15 bits per heavy atom. The van der Waals surface area contributed by atoms with Gasteiger partial charge >= 0.3 is 0 Å². The van der Waals surface area contributed by atoms with Crippen LogP contribution in [0.3, 0.4) is 0 Å². The predicted molar refractivity (Wildman–Crippen MR) is 96.0 cm³/mol. The summed E-state index contributed by atoms with van der Waals surface area (Å²) in [5, 5.41) is 4.07. The van der Waals surface area contributed by atoms with Crippen molar-refractivity contribution in [1.29, 1.82) is 0 Å². The van der Waals surface area contributed by atoms with Crippen molar-refractivity contribution in [2.24, 2.45) is 0 Å². The molecule has 0 aliphatic carbocycles. The van der Waals surface area contributed by atoms with Gasteiger partial charge in [0.15, 0.2) is 0 Å². The number of amides is 1. The van der Waals surface area contributed by atoms with Gasteiger partial charge in [0.05, 0.1) is 0 Å². The number of aromatic nitrogens is 3. The maximum Gasteiger partial charge on any atom is 0.249 e. The third kappa shape index (κ3) is 3.10. The van der Waals surface area contributed by atoms with Crippen LogP contribution in [0.4, 0.5) is 0 Å². The average Bonchev–Trinajstić information content (AvgIpc) is 3.27. The monoisotopic (exact) mass is 348 g/mol. The second kappa shape index (κ2) is 6.71. The van der Waals surface area contributed by atoms with Gasteiger partial charge in [-0.25, -0.2) is 0 Å². The molecule has 1 amide bonds. The van der Waals surface area contributed by atoms with Gasteiger partial charge in [-0.3, -0.25) is 9.78 Å². The van der Waals surface area contributed by atoms with Crippen LogP contribution in [0.5, 0.6) is 0 Å². The zero-order chi connectivity index (χ0) is 18.1. The van der Waals surface area contributed by atoms with E-state index in [0.29, 0.717) is 31.1 Å². The van der Waals surface area contributed by atoms with Gasteiger partial charge in [0.1, 0.15) is 6.04 Å². The summed E-state index contributed by atoms with van der Waals surface area (Å²) in [5.74, 6) is 1.14. The van der Waals surface area contributed by atoms with Crippen molar-refractivity contribution < 1.29 is 9.32 Å². The first kappa shape index (κ1) is 16.4. The number of likely N-dealkylation sites (tertiary alicyclic amines) is 1. The van der Waals surface area contributed by atoms with Crippen molar-refractivity contribution in [3.8, 4) is 11.4 Å². The quantitative estimate of drug-likeness (QED) is 0.720. The molecule has 4 rings (SSSR count). The molecule has 0 saturated carbocycles. The number of carbonyl (C=O) groups is 1. The van der Waals surface area contributed by atoms with Crippen LogP contribution in [0.15, 0.2) is 47.2 Å². The van der Waals surface area contributed by atoms with Crippen molar-refractivity contribution in [3.63, 3.8) is 0 Å². The number of hydrogen-bond donors (Lipinski definition) is 0. The van der Waals surface area contributed by atoms with Gasteiger partial charge in [-0.15, -0.1) is 0 Å². The maximum atomic E-state index is 12.4. The average molecular weight is 348 g/mol. The maximum absolute atomic E-state index is 12.4. The summed E-state index contributed by atoms with van der Waals surface area (Å²) in [6, 6.07) is 9.79. The second-order valence-corrected chi connectivity index (χ2v) is 6.69. The fraction of sp³-hybridized carbons (Fsp3) is 0.300. The first-order chi connectivity index (χ1) is 12.6. The Balaban J connectivity index is 1.58. The molecule has 0 spiro atoms. The summed E-state index contributed by atoms with van der Waals surface area (Å²) in [6.45, 7) is 4.72. The van der Waals surface area contributed by atoms with Gasteiger partial charge in [0.25, 0.3) is 0 Å². The molecule has 1 atom stereocenters. The first-order valence-electron chi connectivity index (χ1n) is 8.71. The summed E-state index contributed by atoms with van der Waals surface area (Å²) in [6.07, 6.45) is 4.58. The van der Waals surface area contributed by atoms with Crippen LogP contribution < -0.4 is 0 Å². The van der Waals surface area contributed by atoms with Crippen molar-refractivity contribution in [2.75, 3.05) is 0 Å². The molecule has 1 unspecified atom stereocenters. The Bertz CT molecular complexity index is 936. The minimum absolute atomic E-state index is 0.122. The van der Waals surface area contributed by atoms with Crippen LogP contribution in [0.25, 0.3) is 11.4 Å². The normalized spacial score (nSPS) is 17.1. The van der Waals surface area contributed by atoms with E-state index >= 15 is 0 Å². The summed E-state index contributed by atoms with van der Waals surface area (Å²) in [4.78, 5) is 22.8. The minimum Gasteiger partial charge on any atom is -0.337 e. The topological polar surface area (TPSA) is 72.1 Å². The van der Waals surface area contributed by atoms with E-state index in [1.165, 1.54) is 11.1 Å². The molecule has 3 aromatic rings. The molecule has 132 valence electrons. The lowest BCUT2D eigenvalue weighted by Gasteiger charge is -2.22. The molecule has 0 N–H and O–H groups in total. The molecular weight excluding hydrogens is 328 g/mol. The van der Waals surface area contributed by atoms with Gasteiger partial charge in [0, 0.05) is 30.9 Å². The molecule has 26 heavy (non-hydrogen) atoms. The van der Waals surface area contributed by atoms with E-state index in [1.807, 2.05) is 17.0 Å². The van der Waals surface area contributed by atoms with Crippen molar-refractivity contribution >= 4 is 5.91 Å². The molecule has 6 nitrogen and oxygen atoms in total. The van der Waals surface area contributed by atoms with E-state index in [2.05, 4.69) is 47.2 Å². The van der Waals surface area contributed by atoms with E-state index in [-0.39, 0.29) is 11.9 Å². The fourth-order valence-corrected chi connectivity index (χ4v) is 3.28. The van der Waals surface area contributed by atoms with E-state index in [4.69, 9.17) is 4.52 Å². The highest BCUT2D eigenvalue weighted by atomic mass is 16.5. The summed E-state index contributed by atoms with van der Waals surface area (Å²) in [7, 11) is 0. The molecular formula is C20H20N4O2. The molecule has 1 aromatic carbocycles. The number of carbonyl (C=O) groups excluding carboxylic acids is 1. The molecule has 1 aliphatic rings. The van der Waals surface area contributed by atoms with Crippen LogP contribution in [-0.2, 0) is 11.3 Å². The van der Waals surface area contributed by atoms with Crippen LogP contribution in [0.1, 0.15) is 41.5 Å². The smallest absolute Gasteiger partial charge is 0.249 e. The predicted octanol–water partition coefficient (Wildman–Crippen LogP) is 3.61. The highest BCUT2D eigenvalue weighted by Gasteiger charge is 2.36. The van der Waals surface area contributed by atoms with Crippen LogP contribution in [-0.4, -0.2) is 25.9 Å². The summed E-state index contributed by atoms with van der Waals surface area (Å²) < 4.78 is 5.49. The zero-order valence-corrected chi connectivity index (χ0v) is 14.8. The number of nitrogens with zero attached hydrogens (tertiary/aromatic N) is 4. The molecule has 6 heteroatoms. The molecule has 1 aliphatic heterocycles. The number of hydrogen-bond acceptors (Lipinski definition) is 5. The third-order valence-electron chi connectivity index (χ3n) is 4.92. The van der Waals surface area contributed by atoms with Crippen LogP contribution in [0, 0.1) is 13.8 Å². The van der Waals surface area contributed by atoms with Gasteiger partial charge in [0.2, 0.25) is 17.6 Å². The molecule has 1 fully saturated rings. The lowest BCUT2D eigenvalue weighted by atomic mass is 10.1. The number of benzene rings is 1. The fourth-order valence-electron chi connectivity index (χ4n) is 3.28. The van der Waals surface area contributed by atoms with Gasteiger partial charge < -0.3 is 9.42 Å². The Morgan fingerprint density at radius 2 is 1.96 bits per heavy atom. The van der Waals surface area contributed by atoms with Crippen molar-refractivity contribution in [1.82, 2.24) is 20.0 Å². The standard InChI is InChI=1S/C20H20N4O2/c1-13-3-4-15(11-14(13)2)12-24-17(5-6-18(24)25)20-22-19(23-26-20)16-7-9-21-10-8-16/h3-4,7-11,17H,5-6,12H2,1-2H3. The van der Waals surface area contributed by atoms with Gasteiger partial charge in [-0.05, 0) is 49.1 Å². The van der Waals surface area contributed by atoms with Crippen molar-refractivity contribution in [2.45, 2.75) is 39.3 Å². The number of rotatable bonds is 4. The Labute approximate surface area is 151 Å². The highest BCUT2D eigenvalue weighted by molar-refractivity contribution is 5.78. The Morgan fingerprint density at radius 3 is 2.73 bits per heavy atom. The highest BCUT2D eigenvalue weighted by Crippen LogP contribution is 2.34. The largest absolute Gasteiger partial charge is 0.337 e. The molecule has 2 aromatic heterocycles. The Hall–Kier alpha value is -3.02. The van der Waals surface area contributed by atoms with E-state index < -0.39 is 0 Å². The SMILES string of the molecule is Cc1ccc(CN2C(=O)CCC2c2nc(-c3ccncc3)no2)cc1C. The van der Waals surface area contributed by atoms with Crippen LogP contribution >= 0.6 is 0 Å². The Kier molecular flexibility index (Phi) is 4.24. The van der Waals surface area contributed by atoms with Gasteiger partial charge in [-0.2, -0.15) is 4.98 Å². The molecule has 0 radical (unpaired) electrons. The second-order valence-electron chi connectivity index (χ2n) is 6.69. The van der Waals surface area contributed by atoms with E-state index in [9.17, 15) is 4.79 Å². The van der Waals surface area contributed by atoms with Crippen molar-refractivity contribution in [3.05, 3.63) is 65.3 Å².